The van der Waals surface area contributed by atoms with Crippen LogP contribution < -0.4 is 5.73 Å². The number of nitrogens with two attached hydrogens (primary N) is 1. The highest BCUT2D eigenvalue weighted by Crippen LogP contribution is 2.28. The molecule has 0 saturated carbocycles. The van der Waals surface area contributed by atoms with Gasteiger partial charge in [0, 0.05) is 16.8 Å². The summed E-state index contributed by atoms with van der Waals surface area (Å²) in [6.07, 6.45) is 3.00. The molecule has 0 unspecified atom stereocenters. The molecule has 1 aromatic carbocycles. The van der Waals surface area contributed by atoms with Crippen LogP contribution in [0.1, 0.15) is 23.2 Å². The first-order chi connectivity index (χ1) is 8.65. The number of rotatable bonds is 1. The average Bonchev–Trinajstić information content (AvgIpc) is 2.77. The summed E-state index contributed by atoms with van der Waals surface area (Å²) in [4.78, 5) is 8.91. The lowest BCUT2D eigenvalue weighted by Gasteiger charge is -2.08. The Labute approximate surface area is 105 Å². The Bertz CT molecular complexity index is 623. The molecule has 18 heavy (non-hydrogen) atoms. The summed E-state index contributed by atoms with van der Waals surface area (Å²) in [5.41, 5.74) is 9.76. The Morgan fingerprint density at radius 1 is 1.22 bits per heavy atom. The summed E-state index contributed by atoms with van der Waals surface area (Å²) < 4.78 is 13.1. The van der Waals surface area contributed by atoms with Crippen molar-refractivity contribution in [2.24, 2.45) is 0 Å². The standard InChI is InChI=1S/C14H14FN3/c1-8-7-9(15)5-6-10(8)14-17-12-4-2-3-11(12)13(16)18-14/h5-7H,2-4H2,1H3,(H2,16,17,18). The second-order valence-electron chi connectivity index (χ2n) is 4.67. The van der Waals surface area contributed by atoms with Crippen LogP contribution in [0.3, 0.4) is 0 Å². The molecule has 0 radical (unpaired) electrons. The van der Waals surface area contributed by atoms with Crippen molar-refractivity contribution in [3.8, 4) is 11.4 Å². The molecule has 1 aliphatic carbocycles. The average molecular weight is 243 g/mol. The van der Waals surface area contributed by atoms with Crippen LogP contribution in [-0.2, 0) is 12.8 Å². The molecule has 0 saturated heterocycles. The fourth-order valence-corrected chi connectivity index (χ4v) is 2.46. The van der Waals surface area contributed by atoms with E-state index in [9.17, 15) is 4.39 Å². The highest BCUT2D eigenvalue weighted by atomic mass is 19.1. The van der Waals surface area contributed by atoms with E-state index >= 15 is 0 Å². The Balaban J connectivity index is 2.15. The SMILES string of the molecule is Cc1cc(F)ccc1-c1nc(N)c2c(n1)CCC2. The van der Waals surface area contributed by atoms with Crippen LogP contribution in [0.2, 0.25) is 0 Å². The van der Waals surface area contributed by atoms with Gasteiger partial charge in [0.05, 0.1) is 0 Å². The number of aromatic nitrogens is 2. The van der Waals surface area contributed by atoms with Crippen molar-refractivity contribution in [2.75, 3.05) is 5.73 Å². The van der Waals surface area contributed by atoms with E-state index in [0.29, 0.717) is 11.6 Å². The van der Waals surface area contributed by atoms with E-state index < -0.39 is 0 Å². The third kappa shape index (κ3) is 1.74. The van der Waals surface area contributed by atoms with Gasteiger partial charge >= 0.3 is 0 Å². The molecule has 2 N–H and O–H groups in total. The molecular weight excluding hydrogens is 229 g/mol. The maximum Gasteiger partial charge on any atom is 0.162 e. The molecule has 92 valence electrons. The molecule has 1 aliphatic rings. The summed E-state index contributed by atoms with van der Waals surface area (Å²) in [6.45, 7) is 1.85. The number of nitrogens with zero attached hydrogens (tertiary/aromatic N) is 2. The monoisotopic (exact) mass is 243 g/mol. The van der Waals surface area contributed by atoms with Crippen molar-refractivity contribution in [1.29, 1.82) is 0 Å². The van der Waals surface area contributed by atoms with E-state index in [2.05, 4.69) is 9.97 Å². The second-order valence-corrected chi connectivity index (χ2v) is 4.67. The zero-order valence-electron chi connectivity index (χ0n) is 10.2. The lowest BCUT2D eigenvalue weighted by Crippen LogP contribution is -2.03. The highest BCUT2D eigenvalue weighted by Gasteiger charge is 2.18. The molecule has 0 aliphatic heterocycles. The smallest absolute Gasteiger partial charge is 0.162 e. The number of hydrogen-bond donors (Lipinski definition) is 1. The van der Waals surface area contributed by atoms with Crippen LogP contribution in [0.15, 0.2) is 18.2 Å². The molecule has 0 spiro atoms. The van der Waals surface area contributed by atoms with Gasteiger partial charge in [-0.05, 0) is 49.9 Å². The predicted octanol–water partition coefficient (Wildman–Crippen LogP) is 2.66. The van der Waals surface area contributed by atoms with Crippen molar-refractivity contribution >= 4 is 5.82 Å². The molecule has 1 aromatic heterocycles. The first-order valence-electron chi connectivity index (χ1n) is 6.07. The van der Waals surface area contributed by atoms with Gasteiger partial charge in [0.15, 0.2) is 5.82 Å². The molecule has 1 heterocycles. The van der Waals surface area contributed by atoms with Crippen LogP contribution in [0, 0.1) is 12.7 Å². The molecule has 0 fully saturated rings. The topological polar surface area (TPSA) is 51.8 Å². The molecule has 3 nitrogen and oxygen atoms in total. The Morgan fingerprint density at radius 2 is 2.06 bits per heavy atom. The Morgan fingerprint density at radius 3 is 2.83 bits per heavy atom. The third-order valence-electron chi connectivity index (χ3n) is 3.39. The first-order valence-corrected chi connectivity index (χ1v) is 6.07. The van der Waals surface area contributed by atoms with E-state index in [0.717, 1.165) is 41.6 Å². The van der Waals surface area contributed by atoms with Gasteiger partial charge in [0.2, 0.25) is 0 Å². The van der Waals surface area contributed by atoms with Crippen LogP contribution >= 0.6 is 0 Å². The number of halogens is 1. The van der Waals surface area contributed by atoms with E-state index in [1.165, 1.54) is 12.1 Å². The van der Waals surface area contributed by atoms with Gasteiger partial charge in [-0.3, -0.25) is 0 Å². The van der Waals surface area contributed by atoms with Gasteiger partial charge in [0.1, 0.15) is 11.6 Å². The quantitative estimate of drug-likeness (QED) is 0.837. The summed E-state index contributed by atoms with van der Waals surface area (Å²) in [5, 5.41) is 0. The second kappa shape index (κ2) is 4.05. The van der Waals surface area contributed by atoms with Crippen LogP contribution in [0.5, 0.6) is 0 Å². The van der Waals surface area contributed by atoms with Crippen molar-refractivity contribution in [3.63, 3.8) is 0 Å². The van der Waals surface area contributed by atoms with Crippen LogP contribution in [0.4, 0.5) is 10.2 Å². The number of aryl methyl sites for hydroxylation is 2. The summed E-state index contributed by atoms with van der Waals surface area (Å²) in [7, 11) is 0. The number of hydrogen-bond acceptors (Lipinski definition) is 3. The predicted molar refractivity (Wildman–Crippen MR) is 68.6 cm³/mol. The fraction of sp³-hybridized carbons (Fsp3) is 0.286. The van der Waals surface area contributed by atoms with Crippen LogP contribution in [0.25, 0.3) is 11.4 Å². The molecule has 0 bridgehead atoms. The number of fused-ring (bicyclic) bond motifs is 1. The van der Waals surface area contributed by atoms with Gasteiger partial charge in [-0.15, -0.1) is 0 Å². The van der Waals surface area contributed by atoms with Gasteiger partial charge in [0.25, 0.3) is 0 Å². The fourth-order valence-electron chi connectivity index (χ4n) is 2.46. The van der Waals surface area contributed by atoms with Gasteiger partial charge in [-0.2, -0.15) is 0 Å². The van der Waals surface area contributed by atoms with E-state index in [1.54, 1.807) is 6.07 Å². The highest BCUT2D eigenvalue weighted by molar-refractivity contribution is 5.63. The normalized spacial score (nSPS) is 13.7. The maximum atomic E-state index is 13.1. The van der Waals surface area contributed by atoms with Gasteiger partial charge in [-0.1, -0.05) is 0 Å². The maximum absolute atomic E-state index is 13.1. The zero-order valence-corrected chi connectivity index (χ0v) is 10.2. The lowest BCUT2D eigenvalue weighted by molar-refractivity contribution is 0.627. The van der Waals surface area contributed by atoms with Crippen molar-refractivity contribution in [1.82, 2.24) is 9.97 Å². The third-order valence-corrected chi connectivity index (χ3v) is 3.39. The van der Waals surface area contributed by atoms with Crippen molar-refractivity contribution < 1.29 is 4.39 Å². The summed E-state index contributed by atoms with van der Waals surface area (Å²) in [6, 6.07) is 4.62. The van der Waals surface area contributed by atoms with E-state index in [1.807, 2.05) is 6.92 Å². The molecule has 0 amide bonds. The molecule has 0 atom stereocenters. The zero-order chi connectivity index (χ0) is 12.7. The van der Waals surface area contributed by atoms with Gasteiger partial charge < -0.3 is 5.73 Å². The number of anilines is 1. The largest absolute Gasteiger partial charge is 0.383 e. The Hall–Kier alpha value is -1.97. The number of benzene rings is 1. The van der Waals surface area contributed by atoms with Crippen molar-refractivity contribution in [2.45, 2.75) is 26.2 Å². The van der Waals surface area contributed by atoms with E-state index in [4.69, 9.17) is 5.73 Å². The van der Waals surface area contributed by atoms with E-state index in [-0.39, 0.29) is 5.82 Å². The van der Waals surface area contributed by atoms with Crippen molar-refractivity contribution in [3.05, 3.63) is 40.8 Å². The number of nitrogen functional groups attached to an aromatic ring is 1. The molecule has 2 aromatic rings. The summed E-state index contributed by atoms with van der Waals surface area (Å²) >= 11 is 0. The minimum atomic E-state index is -0.245. The Kier molecular flexibility index (Phi) is 2.51. The van der Waals surface area contributed by atoms with Crippen LogP contribution in [-0.4, -0.2) is 9.97 Å². The summed E-state index contributed by atoms with van der Waals surface area (Å²) in [5.74, 6) is 0.923. The molecular formula is C14H14FN3. The first kappa shape index (κ1) is 11.1. The minimum Gasteiger partial charge on any atom is -0.383 e. The lowest BCUT2D eigenvalue weighted by atomic mass is 10.1. The minimum absolute atomic E-state index is 0.245. The van der Waals surface area contributed by atoms with Gasteiger partial charge in [-0.25, -0.2) is 14.4 Å². The molecule has 4 heteroatoms. The molecule has 3 rings (SSSR count).